The molecule has 0 spiro atoms. The van der Waals surface area contributed by atoms with Gasteiger partial charge >= 0.3 is 0 Å². The molecular weight excluding hydrogens is 248 g/mol. The Morgan fingerprint density at radius 1 is 1.44 bits per heavy atom. The zero-order chi connectivity index (χ0) is 11.7. The van der Waals surface area contributed by atoms with Gasteiger partial charge in [-0.15, -0.1) is 11.3 Å². The largest absolute Gasteiger partial charge is 0.295 e. The molecule has 0 saturated heterocycles. The summed E-state index contributed by atoms with van der Waals surface area (Å²) in [4.78, 5) is 15.4. The van der Waals surface area contributed by atoms with Gasteiger partial charge < -0.3 is 0 Å². The van der Waals surface area contributed by atoms with Crippen molar-refractivity contribution in [3.63, 3.8) is 0 Å². The van der Waals surface area contributed by atoms with Crippen LogP contribution in [0.25, 0.3) is 11.3 Å². The SMILES string of the molecule is Cc1sccc1-c1nc(Cl)ccc1[N+](=O)[O-]. The van der Waals surface area contributed by atoms with Gasteiger partial charge in [-0.3, -0.25) is 10.1 Å². The molecule has 82 valence electrons. The van der Waals surface area contributed by atoms with E-state index < -0.39 is 4.92 Å². The molecule has 6 heteroatoms. The molecule has 4 nitrogen and oxygen atoms in total. The summed E-state index contributed by atoms with van der Waals surface area (Å²) < 4.78 is 0. The molecule has 0 aliphatic rings. The highest BCUT2D eigenvalue weighted by Crippen LogP contribution is 2.33. The number of pyridine rings is 1. The normalized spacial score (nSPS) is 10.4. The maximum atomic E-state index is 10.9. The Labute approximate surface area is 101 Å². The number of halogens is 1. The fraction of sp³-hybridized carbons (Fsp3) is 0.100. The number of hydrogen-bond acceptors (Lipinski definition) is 4. The highest BCUT2D eigenvalue weighted by Gasteiger charge is 2.19. The molecule has 0 unspecified atom stereocenters. The minimum atomic E-state index is -0.449. The van der Waals surface area contributed by atoms with Crippen molar-refractivity contribution >= 4 is 28.6 Å². The second kappa shape index (κ2) is 4.19. The number of aromatic nitrogens is 1. The molecule has 0 fully saturated rings. The second-order valence-electron chi connectivity index (χ2n) is 3.15. The fourth-order valence-corrected chi connectivity index (χ4v) is 2.25. The van der Waals surface area contributed by atoms with Crippen LogP contribution in [0, 0.1) is 17.0 Å². The Kier molecular flexibility index (Phi) is 2.89. The lowest BCUT2D eigenvalue weighted by molar-refractivity contribution is -0.384. The minimum Gasteiger partial charge on any atom is -0.258 e. The topological polar surface area (TPSA) is 56.0 Å². The number of hydrogen-bond donors (Lipinski definition) is 0. The van der Waals surface area contributed by atoms with Crippen LogP contribution in [0.15, 0.2) is 23.6 Å². The van der Waals surface area contributed by atoms with Crippen molar-refractivity contribution in [2.45, 2.75) is 6.92 Å². The van der Waals surface area contributed by atoms with Gasteiger partial charge in [0.2, 0.25) is 0 Å². The molecule has 0 aliphatic carbocycles. The highest BCUT2D eigenvalue weighted by atomic mass is 35.5. The Bertz CT molecular complexity index is 554. The molecule has 0 bridgehead atoms. The van der Waals surface area contributed by atoms with E-state index in [1.165, 1.54) is 23.5 Å². The third-order valence-corrected chi connectivity index (χ3v) is 3.21. The quantitative estimate of drug-likeness (QED) is 0.467. The molecule has 2 rings (SSSR count). The van der Waals surface area contributed by atoms with E-state index >= 15 is 0 Å². The number of rotatable bonds is 2. The smallest absolute Gasteiger partial charge is 0.258 e. The van der Waals surface area contributed by atoms with Crippen molar-refractivity contribution in [1.82, 2.24) is 4.98 Å². The molecule has 16 heavy (non-hydrogen) atoms. The summed E-state index contributed by atoms with van der Waals surface area (Å²) in [7, 11) is 0. The molecule has 0 amide bonds. The van der Waals surface area contributed by atoms with Gasteiger partial charge in [-0.2, -0.15) is 0 Å². The van der Waals surface area contributed by atoms with Crippen molar-refractivity contribution in [1.29, 1.82) is 0 Å². The van der Waals surface area contributed by atoms with Gasteiger partial charge in [-0.05, 0) is 24.4 Å². The first-order valence-corrected chi connectivity index (χ1v) is 5.71. The van der Waals surface area contributed by atoms with E-state index in [0.29, 0.717) is 5.69 Å². The van der Waals surface area contributed by atoms with Crippen LogP contribution in [0.5, 0.6) is 0 Å². The van der Waals surface area contributed by atoms with Gasteiger partial charge in [-0.1, -0.05) is 11.6 Å². The van der Waals surface area contributed by atoms with Crippen LogP contribution in [0.2, 0.25) is 5.15 Å². The molecule has 2 aromatic heterocycles. The Morgan fingerprint density at radius 2 is 2.19 bits per heavy atom. The third-order valence-electron chi connectivity index (χ3n) is 2.15. The Balaban J connectivity index is 2.67. The molecule has 0 radical (unpaired) electrons. The van der Waals surface area contributed by atoms with Gasteiger partial charge in [0.25, 0.3) is 5.69 Å². The van der Waals surface area contributed by atoms with E-state index in [2.05, 4.69) is 4.98 Å². The zero-order valence-electron chi connectivity index (χ0n) is 8.31. The summed E-state index contributed by atoms with van der Waals surface area (Å²) in [5.41, 5.74) is 1.07. The van der Waals surface area contributed by atoms with Crippen molar-refractivity contribution in [2.24, 2.45) is 0 Å². The number of thiophene rings is 1. The highest BCUT2D eigenvalue weighted by molar-refractivity contribution is 7.10. The molecule has 0 atom stereocenters. The molecule has 0 saturated carbocycles. The lowest BCUT2D eigenvalue weighted by Crippen LogP contribution is -1.94. The summed E-state index contributed by atoms with van der Waals surface area (Å²) in [6.07, 6.45) is 0. The molecule has 2 heterocycles. The van der Waals surface area contributed by atoms with Crippen LogP contribution in [0.4, 0.5) is 5.69 Å². The summed E-state index contributed by atoms with van der Waals surface area (Å²) in [5.74, 6) is 0. The zero-order valence-corrected chi connectivity index (χ0v) is 9.88. The van der Waals surface area contributed by atoms with E-state index in [0.717, 1.165) is 10.4 Å². The molecular formula is C10H7ClN2O2S. The van der Waals surface area contributed by atoms with Crippen LogP contribution in [0.3, 0.4) is 0 Å². The van der Waals surface area contributed by atoms with Crippen LogP contribution in [-0.4, -0.2) is 9.91 Å². The van der Waals surface area contributed by atoms with Crippen molar-refractivity contribution < 1.29 is 4.92 Å². The van der Waals surface area contributed by atoms with Gasteiger partial charge in [0.1, 0.15) is 5.15 Å². The van der Waals surface area contributed by atoms with E-state index in [-0.39, 0.29) is 10.8 Å². The molecule has 2 aromatic rings. The van der Waals surface area contributed by atoms with Crippen molar-refractivity contribution in [3.8, 4) is 11.3 Å². The fourth-order valence-electron chi connectivity index (χ4n) is 1.40. The lowest BCUT2D eigenvalue weighted by Gasteiger charge is -2.01. The van der Waals surface area contributed by atoms with Gasteiger partial charge in [0.05, 0.1) is 4.92 Å². The summed E-state index contributed by atoms with van der Waals surface area (Å²) >= 11 is 7.28. The van der Waals surface area contributed by atoms with Crippen LogP contribution >= 0.6 is 22.9 Å². The van der Waals surface area contributed by atoms with Crippen molar-refractivity contribution in [2.75, 3.05) is 0 Å². The van der Waals surface area contributed by atoms with Crippen LogP contribution < -0.4 is 0 Å². The molecule has 0 aliphatic heterocycles. The summed E-state index contributed by atoms with van der Waals surface area (Å²) in [6, 6.07) is 4.61. The monoisotopic (exact) mass is 254 g/mol. The predicted octanol–water partition coefficient (Wildman–Crippen LogP) is 3.68. The van der Waals surface area contributed by atoms with E-state index in [1.54, 1.807) is 0 Å². The van der Waals surface area contributed by atoms with Crippen molar-refractivity contribution in [3.05, 3.63) is 43.7 Å². The van der Waals surface area contributed by atoms with E-state index in [9.17, 15) is 10.1 Å². The van der Waals surface area contributed by atoms with Gasteiger partial charge in [0.15, 0.2) is 5.69 Å². The first-order valence-electron chi connectivity index (χ1n) is 4.45. The standard InChI is InChI=1S/C10H7ClN2O2S/c1-6-7(4-5-16-6)10-8(13(14)15)2-3-9(11)12-10/h2-5H,1H3. The first-order chi connectivity index (χ1) is 7.59. The average molecular weight is 255 g/mol. The predicted molar refractivity (Wildman–Crippen MR) is 64.0 cm³/mol. The van der Waals surface area contributed by atoms with E-state index in [4.69, 9.17) is 11.6 Å². The van der Waals surface area contributed by atoms with Gasteiger partial charge in [0, 0.05) is 16.5 Å². The summed E-state index contributed by atoms with van der Waals surface area (Å²) in [6.45, 7) is 1.90. The molecule has 0 aromatic carbocycles. The number of nitro groups is 1. The minimum absolute atomic E-state index is 0.0223. The lowest BCUT2D eigenvalue weighted by atomic mass is 10.1. The second-order valence-corrected chi connectivity index (χ2v) is 4.66. The third kappa shape index (κ3) is 1.91. The maximum absolute atomic E-state index is 10.9. The number of aryl methyl sites for hydroxylation is 1. The van der Waals surface area contributed by atoms with Crippen LogP contribution in [0.1, 0.15) is 4.88 Å². The van der Waals surface area contributed by atoms with E-state index in [1.807, 2.05) is 18.4 Å². The maximum Gasteiger partial charge on any atom is 0.295 e. The van der Waals surface area contributed by atoms with Crippen LogP contribution in [-0.2, 0) is 0 Å². The summed E-state index contributed by atoms with van der Waals surface area (Å²) in [5, 5.41) is 13.0. The molecule has 0 N–H and O–H groups in total. The van der Waals surface area contributed by atoms with Gasteiger partial charge in [-0.25, -0.2) is 4.98 Å². The number of nitrogens with zero attached hydrogens (tertiary/aromatic N) is 2. The Hall–Kier alpha value is -1.46. The Morgan fingerprint density at radius 3 is 2.75 bits per heavy atom. The first kappa shape index (κ1) is 11.0. The average Bonchev–Trinajstić information content (AvgIpc) is 2.63.